The summed E-state index contributed by atoms with van der Waals surface area (Å²) in [5.41, 5.74) is -0.615. The van der Waals surface area contributed by atoms with Crippen molar-refractivity contribution in [2.45, 2.75) is 19.3 Å². The lowest BCUT2D eigenvalue weighted by Gasteiger charge is -2.15. The minimum Gasteiger partial charge on any atom is -0.493 e. The third-order valence-electron chi connectivity index (χ3n) is 4.03. The third kappa shape index (κ3) is 4.75. The highest BCUT2D eigenvalue weighted by Crippen LogP contribution is 2.46. The quantitative estimate of drug-likeness (QED) is 0.362. The molecule has 9 nitrogen and oxygen atoms in total. The number of benzene rings is 1. The van der Waals surface area contributed by atoms with E-state index in [4.69, 9.17) is 18.9 Å². The van der Waals surface area contributed by atoms with Crippen molar-refractivity contribution in [2.75, 3.05) is 41.1 Å². The smallest absolute Gasteiger partial charge is 0.327 e. The summed E-state index contributed by atoms with van der Waals surface area (Å²) in [4.78, 5) is 23.3. The fourth-order valence-electron chi connectivity index (χ4n) is 2.50. The first kappa shape index (κ1) is 19.8. The second kappa shape index (κ2) is 9.23. The van der Waals surface area contributed by atoms with Gasteiger partial charge in [0.05, 0.1) is 26.3 Å². The number of nitro groups is 1. The van der Waals surface area contributed by atoms with Crippen LogP contribution in [0.1, 0.15) is 29.6 Å². The molecule has 1 N–H and O–H groups in total. The predicted octanol–water partition coefficient (Wildman–Crippen LogP) is 2.17. The molecule has 1 aliphatic rings. The summed E-state index contributed by atoms with van der Waals surface area (Å²) >= 11 is 0. The van der Waals surface area contributed by atoms with Gasteiger partial charge >= 0.3 is 5.69 Å². The van der Waals surface area contributed by atoms with Crippen LogP contribution in [-0.2, 0) is 4.74 Å². The average molecular weight is 368 g/mol. The SMILES string of the molecule is COc1cc(C(=O)NCCCOCC2CC2)c([N+](=O)[O-])c(OC)c1OC. The van der Waals surface area contributed by atoms with Gasteiger partial charge in [0, 0.05) is 25.8 Å². The van der Waals surface area contributed by atoms with Crippen molar-refractivity contribution < 1.29 is 28.7 Å². The van der Waals surface area contributed by atoms with E-state index in [1.54, 1.807) is 0 Å². The van der Waals surface area contributed by atoms with Gasteiger partial charge in [-0.25, -0.2) is 0 Å². The van der Waals surface area contributed by atoms with Crippen LogP contribution in [0, 0.1) is 16.0 Å². The fraction of sp³-hybridized carbons (Fsp3) is 0.588. The van der Waals surface area contributed by atoms with Gasteiger partial charge < -0.3 is 24.3 Å². The summed E-state index contributed by atoms with van der Waals surface area (Å²) in [5, 5.41) is 14.2. The highest BCUT2D eigenvalue weighted by Gasteiger charge is 2.32. The minimum atomic E-state index is -0.672. The number of rotatable bonds is 11. The Labute approximate surface area is 151 Å². The second-order valence-electron chi connectivity index (χ2n) is 5.93. The molecule has 1 aromatic rings. The van der Waals surface area contributed by atoms with Crippen LogP contribution in [0.5, 0.6) is 17.2 Å². The van der Waals surface area contributed by atoms with Crippen molar-refractivity contribution >= 4 is 11.6 Å². The Morgan fingerprint density at radius 3 is 2.46 bits per heavy atom. The molecule has 0 radical (unpaired) electrons. The predicted molar refractivity (Wildman–Crippen MR) is 93.2 cm³/mol. The Hall–Kier alpha value is -2.55. The van der Waals surface area contributed by atoms with E-state index in [-0.39, 0.29) is 22.8 Å². The van der Waals surface area contributed by atoms with Gasteiger partial charge in [-0.2, -0.15) is 0 Å². The van der Waals surface area contributed by atoms with Crippen LogP contribution in [0.25, 0.3) is 0 Å². The molecule has 1 aromatic carbocycles. The highest BCUT2D eigenvalue weighted by molar-refractivity contribution is 6.00. The molecule has 0 heterocycles. The number of hydrogen-bond acceptors (Lipinski definition) is 7. The van der Waals surface area contributed by atoms with Crippen LogP contribution in [0.3, 0.4) is 0 Å². The van der Waals surface area contributed by atoms with E-state index < -0.39 is 16.5 Å². The van der Waals surface area contributed by atoms with Gasteiger partial charge in [-0.15, -0.1) is 0 Å². The molecule has 0 atom stereocenters. The molecule has 1 saturated carbocycles. The molecule has 144 valence electrons. The van der Waals surface area contributed by atoms with Crippen molar-refractivity contribution in [2.24, 2.45) is 5.92 Å². The van der Waals surface area contributed by atoms with Crippen LogP contribution in [0.4, 0.5) is 5.69 Å². The molecule has 0 aromatic heterocycles. The molecule has 1 fully saturated rings. The molecule has 0 spiro atoms. The number of carbonyl (C=O) groups excluding carboxylic acids is 1. The number of hydrogen-bond donors (Lipinski definition) is 1. The van der Waals surface area contributed by atoms with Crippen LogP contribution in [0.2, 0.25) is 0 Å². The monoisotopic (exact) mass is 368 g/mol. The topological polar surface area (TPSA) is 109 Å². The van der Waals surface area contributed by atoms with Gasteiger partial charge in [0.25, 0.3) is 5.91 Å². The lowest BCUT2D eigenvalue weighted by Crippen LogP contribution is -2.26. The number of amides is 1. The van der Waals surface area contributed by atoms with Crippen molar-refractivity contribution in [1.29, 1.82) is 0 Å². The Morgan fingerprint density at radius 2 is 1.92 bits per heavy atom. The van der Waals surface area contributed by atoms with Gasteiger partial charge in [0.2, 0.25) is 11.5 Å². The zero-order chi connectivity index (χ0) is 19.1. The van der Waals surface area contributed by atoms with E-state index >= 15 is 0 Å². The van der Waals surface area contributed by atoms with Crippen molar-refractivity contribution in [3.63, 3.8) is 0 Å². The Bertz CT molecular complexity index is 659. The fourth-order valence-corrected chi connectivity index (χ4v) is 2.50. The summed E-state index contributed by atoms with van der Waals surface area (Å²) < 4.78 is 20.9. The molecule has 0 unspecified atom stereocenters. The van der Waals surface area contributed by atoms with Crippen molar-refractivity contribution in [3.8, 4) is 17.2 Å². The molecule has 0 saturated heterocycles. The van der Waals surface area contributed by atoms with E-state index in [9.17, 15) is 14.9 Å². The molecule has 2 rings (SSSR count). The van der Waals surface area contributed by atoms with Gasteiger partial charge in [-0.05, 0) is 25.2 Å². The van der Waals surface area contributed by atoms with Crippen LogP contribution < -0.4 is 19.5 Å². The Kier molecular flexibility index (Phi) is 7.02. The van der Waals surface area contributed by atoms with Crippen LogP contribution in [-0.4, -0.2) is 51.9 Å². The number of ether oxygens (including phenoxy) is 4. The maximum Gasteiger partial charge on any atom is 0.327 e. The maximum absolute atomic E-state index is 12.4. The van der Waals surface area contributed by atoms with Gasteiger partial charge in [-0.1, -0.05) is 0 Å². The standard InChI is InChI=1S/C17H24N2O7/c1-23-13-9-12(14(19(21)22)16(25-3)15(13)24-2)17(20)18-7-4-8-26-10-11-5-6-11/h9,11H,4-8,10H2,1-3H3,(H,18,20). The highest BCUT2D eigenvalue weighted by atomic mass is 16.6. The molecule has 0 aliphatic heterocycles. The molecule has 0 bridgehead atoms. The Morgan fingerprint density at radius 1 is 1.23 bits per heavy atom. The number of nitrogens with one attached hydrogen (secondary N) is 1. The van der Waals surface area contributed by atoms with Gasteiger partial charge in [-0.3, -0.25) is 14.9 Å². The number of nitro benzene ring substituents is 1. The van der Waals surface area contributed by atoms with E-state index in [0.29, 0.717) is 25.5 Å². The van der Waals surface area contributed by atoms with Crippen LogP contribution >= 0.6 is 0 Å². The largest absolute Gasteiger partial charge is 0.493 e. The Balaban J connectivity index is 2.09. The van der Waals surface area contributed by atoms with E-state index in [2.05, 4.69) is 5.32 Å². The normalized spacial score (nSPS) is 13.2. The lowest BCUT2D eigenvalue weighted by atomic mass is 10.1. The molecule has 26 heavy (non-hydrogen) atoms. The first-order valence-corrected chi connectivity index (χ1v) is 8.36. The zero-order valence-corrected chi connectivity index (χ0v) is 15.2. The summed E-state index contributed by atoms with van der Waals surface area (Å²) in [6, 6.07) is 1.28. The summed E-state index contributed by atoms with van der Waals surface area (Å²) in [5.74, 6) is 0.180. The number of carbonyl (C=O) groups is 1. The summed E-state index contributed by atoms with van der Waals surface area (Å²) in [7, 11) is 3.98. The first-order chi connectivity index (χ1) is 12.5. The van der Waals surface area contributed by atoms with E-state index in [1.165, 1.54) is 40.2 Å². The average Bonchev–Trinajstić information content (AvgIpc) is 3.46. The number of nitrogens with zero attached hydrogens (tertiary/aromatic N) is 1. The second-order valence-corrected chi connectivity index (χ2v) is 5.93. The molecule has 9 heteroatoms. The molecular weight excluding hydrogens is 344 g/mol. The van der Waals surface area contributed by atoms with Crippen LogP contribution in [0.15, 0.2) is 6.07 Å². The summed E-state index contributed by atoms with van der Waals surface area (Å²) in [6.07, 6.45) is 3.07. The van der Waals surface area contributed by atoms with Gasteiger partial charge in [0.15, 0.2) is 5.75 Å². The first-order valence-electron chi connectivity index (χ1n) is 8.36. The molecule has 1 amide bonds. The third-order valence-corrected chi connectivity index (χ3v) is 4.03. The lowest BCUT2D eigenvalue weighted by molar-refractivity contribution is -0.386. The minimum absolute atomic E-state index is 0.0618. The van der Waals surface area contributed by atoms with E-state index in [0.717, 1.165) is 6.61 Å². The van der Waals surface area contributed by atoms with Crippen molar-refractivity contribution in [3.05, 3.63) is 21.7 Å². The molecular formula is C17H24N2O7. The summed E-state index contributed by atoms with van der Waals surface area (Å²) in [6.45, 7) is 1.64. The van der Waals surface area contributed by atoms with Gasteiger partial charge in [0.1, 0.15) is 5.56 Å². The van der Waals surface area contributed by atoms with E-state index in [1.807, 2.05) is 0 Å². The maximum atomic E-state index is 12.4. The van der Waals surface area contributed by atoms with Crippen molar-refractivity contribution in [1.82, 2.24) is 5.32 Å². The zero-order valence-electron chi connectivity index (χ0n) is 15.2. The number of methoxy groups -OCH3 is 3. The molecule has 1 aliphatic carbocycles.